The van der Waals surface area contributed by atoms with Crippen LogP contribution in [0.1, 0.15) is 70.3 Å². The van der Waals surface area contributed by atoms with Gasteiger partial charge in [0.05, 0.1) is 6.61 Å². The molecule has 0 unspecified atom stereocenters. The van der Waals surface area contributed by atoms with Crippen molar-refractivity contribution in [3.05, 3.63) is 29.8 Å². The monoisotopic (exact) mass is 346 g/mol. The fraction of sp³-hybridized carbons (Fsp3) is 0.727. The average Bonchev–Trinajstić information content (AvgIpc) is 2.64. The van der Waals surface area contributed by atoms with Gasteiger partial charge in [-0.05, 0) is 24.1 Å². The molecule has 0 atom stereocenters. The molecule has 1 fully saturated rings. The summed E-state index contributed by atoms with van der Waals surface area (Å²) >= 11 is 0. The molecule has 2 rings (SSSR count). The number of piperazine rings is 1. The summed E-state index contributed by atoms with van der Waals surface area (Å²) in [6.45, 7) is 8.67. The molecule has 0 spiro atoms. The topological polar surface area (TPSA) is 24.5 Å². The highest BCUT2D eigenvalue weighted by Crippen LogP contribution is 2.16. The Labute approximate surface area is 155 Å². The highest BCUT2D eigenvalue weighted by Gasteiger charge is 2.10. The third-order valence-corrected chi connectivity index (χ3v) is 5.03. The lowest BCUT2D eigenvalue weighted by atomic mass is 10.1. The van der Waals surface area contributed by atoms with Crippen LogP contribution < -0.4 is 10.1 Å². The first kappa shape index (κ1) is 20.3. The Morgan fingerprint density at radius 3 is 2.32 bits per heavy atom. The van der Waals surface area contributed by atoms with Gasteiger partial charge in [0.15, 0.2) is 0 Å². The highest BCUT2D eigenvalue weighted by molar-refractivity contribution is 5.28. The van der Waals surface area contributed by atoms with Gasteiger partial charge in [0.2, 0.25) is 0 Å². The molecule has 1 N–H and O–H groups in total. The van der Waals surface area contributed by atoms with Crippen molar-refractivity contribution in [3.8, 4) is 5.75 Å². The summed E-state index contributed by atoms with van der Waals surface area (Å²) in [6, 6.07) is 8.65. The van der Waals surface area contributed by atoms with E-state index in [1.807, 2.05) is 0 Å². The first-order valence-electron chi connectivity index (χ1n) is 10.5. The lowest BCUT2D eigenvalue weighted by Crippen LogP contribution is -2.42. The molecule has 1 aliphatic rings. The molecule has 3 nitrogen and oxygen atoms in total. The van der Waals surface area contributed by atoms with E-state index in [9.17, 15) is 0 Å². The zero-order valence-corrected chi connectivity index (χ0v) is 16.3. The zero-order chi connectivity index (χ0) is 17.6. The summed E-state index contributed by atoms with van der Waals surface area (Å²) in [4.78, 5) is 2.51. The predicted molar refractivity (Wildman–Crippen MR) is 107 cm³/mol. The van der Waals surface area contributed by atoms with E-state index in [4.69, 9.17) is 4.74 Å². The minimum absolute atomic E-state index is 0.854. The Kier molecular flexibility index (Phi) is 10.7. The van der Waals surface area contributed by atoms with Gasteiger partial charge in [-0.3, -0.25) is 4.90 Å². The van der Waals surface area contributed by atoms with E-state index >= 15 is 0 Å². The van der Waals surface area contributed by atoms with E-state index in [1.165, 1.54) is 63.4 Å². The van der Waals surface area contributed by atoms with Gasteiger partial charge in [0.1, 0.15) is 5.75 Å². The Balaban J connectivity index is 1.53. The first-order chi connectivity index (χ1) is 12.4. The summed E-state index contributed by atoms with van der Waals surface area (Å²) < 4.78 is 5.96. The van der Waals surface area contributed by atoms with Crippen molar-refractivity contribution in [2.75, 3.05) is 32.8 Å². The Hall–Kier alpha value is -1.06. The fourth-order valence-corrected chi connectivity index (χ4v) is 3.46. The van der Waals surface area contributed by atoms with Crippen LogP contribution in [0.3, 0.4) is 0 Å². The van der Waals surface area contributed by atoms with Crippen molar-refractivity contribution in [2.24, 2.45) is 0 Å². The van der Waals surface area contributed by atoms with Crippen molar-refractivity contribution in [2.45, 2.75) is 71.3 Å². The number of hydrogen-bond donors (Lipinski definition) is 1. The predicted octanol–water partition coefficient (Wildman–Crippen LogP) is 5.00. The minimum Gasteiger partial charge on any atom is -0.494 e. The molecular weight excluding hydrogens is 308 g/mol. The summed E-state index contributed by atoms with van der Waals surface area (Å²) in [5.74, 6) is 1.03. The van der Waals surface area contributed by atoms with Gasteiger partial charge >= 0.3 is 0 Å². The van der Waals surface area contributed by atoms with Crippen molar-refractivity contribution < 1.29 is 4.74 Å². The second-order valence-corrected chi connectivity index (χ2v) is 7.35. The van der Waals surface area contributed by atoms with Gasteiger partial charge in [-0.15, -0.1) is 0 Å². The molecule has 0 aliphatic carbocycles. The SMILES string of the molecule is CCCCCCCCCCCOc1cccc(CN2CCNCC2)c1. The number of benzene rings is 1. The highest BCUT2D eigenvalue weighted by atomic mass is 16.5. The maximum atomic E-state index is 5.96. The largest absolute Gasteiger partial charge is 0.494 e. The summed E-state index contributed by atoms with van der Waals surface area (Å²) in [5, 5.41) is 3.41. The van der Waals surface area contributed by atoms with Crippen LogP contribution in [0, 0.1) is 0 Å². The van der Waals surface area contributed by atoms with Crippen LogP contribution in [0.25, 0.3) is 0 Å². The van der Waals surface area contributed by atoms with Crippen LogP contribution in [0.5, 0.6) is 5.75 Å². The van der Waals surface area contributed by atoms with E-state index in [-0.39, 0.29) is 0 Å². The van der Waals surface area contributed by atoms with Crippen LogP contribution in [0.2, 0.25) is 0 Å². The lowest BCUT2D eigenvalue weighted by molar-refractivity contribution is 0.232. The van der Waals surface area contributed by atoms with Crippen LogP contribution >= 0.6 is 0 Å². The molecule has 142 valence electrons. The number of ether oxygens (including phenoxy) is 1. The quantitative estimate of drug-likeness (QED) is 0.509. The van der Waals surface area contributed by atoms with Crippen LogP contribution in [0.15, 0.2) is 24.3 Å². The van der Waals surface area contributed by atoms with Crippen molar-refractivity contribution in [1.29, 1.82) is 0 Å². The van der Waals surface area contributed by atoms with Gasteiger partial charge in [0, 0.05) is 32.7 Å². The Morgan fingerprint density at radius 2 is 1.60 bits per heavy atom. The second-order valence-electron chi connectivity index (χ2n) is 7.35. The maximum absolute atomic E-state index is 5.96. The molecule has 0 bridgehead atoms. The molecule has 1 heterocycles. The van der Waals surface area contributed by atoms with E-state index in [0.717, 1.165) is 45.1 Å². The number of nitrogens with zero attached hydrogens (tertiary/aromatic N) is 1. The number of unbranched alkanes of at least 4 members (excludes halogenated alkanes) is 8. The smallest absolute Gasteiger partial charge is 0.119 e. The van der Waals surface area contributed by atoms with Gasteiger partial charge in [-0.2, -0.15) is 0 Å². The standard InChI is InChI=1S/C22H38N2O/c1-2-3-4-5-6-7-8-9-10-18-25-22-13-11-12-21(19-22)20-24-16-14-23-15-17-24/h11-13,19,23H,2-10,14-18,20H2,1H3. The van der Waals surface area contributed by atoms with Crippen LogP contribution in [0.4, 0.5) is 0 Å². The first-order valence-corrected chi connectivity index (χ1v) is 10.5. The molecular formula is C22H38N2O. The molecule has 1 saturated heterocycles. The third kappa shape index (κ3) is 9.27. The summed E-state index contributed by atoms with van der Waals surface area (Å²) in [5.41, 5.74) is 1.37. The number of rotatable bonds is 13. The van der Waals surface area contributed by atoms with Crippen molar-refractivity contribution in [1.82, 2.24) is 10.2 Å². The molecule has 1 aromatic rings. The van der Waals surface area contributed by atoms with Gasteiger partial charge in [0.25, 0.3) is 0 Å². The van der Waals surface area contributed by atoms with Crippen LogP contribution in [-0.2, 0) is 6.54 Å². The van der Waals surface area contributed by atoms with E-state index in [2.05, 4.69) is 41.4 Å². The van der Waals surface area contributed by atoms with Gasteiger partial charge < -0.3 is 10.1 Å². The fourth-order valence-electron chi connectivity index (χ4n) is 3.46. The van der Waals surface area contributed by atoms with Gasteiger partial charge in [-0.1, -0.05) is 70.4 Å². The molecule has 0 aromatic heterocycles. The average molecular weight is 347 g/mol. The molecule has 0 saturated carbocycles. The van der Waals surface area contributed by atoms with E-state index in [0.29, 0.717) is 0 Å². The Bertz CT molecular complexity index is 443. The normalized spacial score (nSPS) is 15.4. The maximum Gasteiger partial charge on any atom is 0.119 e. The van der Waals surface area contributed by atoms with Crippen molar-refractivity contribution in [3.63, 3.8) is 0 Å². The molecule has 1 aromatic carbocycles. The molecule has 3 heteroatoms. The zero-order valence-electron chi connectivity index (χ0n) is 16.3. The number of nitrogens with one attached hydrogen (secondary N) is 1. The molecule has 0 radical (unpaired) electrons. The van der Waals surface area contributed by atoms with Crippen LogP contribution in [-0.4, -0.2) is 37.7 Å². The summed E-state index contributed by atoms with van der Waals surface area (Å²) in [6.07, 6.45) is 12.2. The van der Waals surface area contributed by atoms with E-state index < -0.39 is 0 Å². The van der Waals surface area contributed by atoms with Crippen molar-refractivity contribution >= 4 is 0 Å². The van der Waals surface area contributed by atoms with E-state index in [1.54, 1.807) is 0 Å². The molecule has 1 aliphatic heterocycles. The molecule has 0 amide bonds. The second kappa shape index (κ2) is 13.2. The van der Waals surface area contributed by atoms with Gasteiger partial charge in [-0.25, -0.2) is 0 Å². The minimum atomic E-state index is 0.854. The molecule has 25 heavy (non-hydrogen) atoms. The number of hydrogen-bond acceptors (Lipinski definition) is 3. The Morgan fingerprint density at radius 1 is 0.920 bits per heavy atom. The lowest BCUT2D eigenvalue weighted by Gasteiger charge is -2.27. The third-order valence-electron chi connectivity index (χ3n) is 5.03. The summed E-state index contributed by atoms with van der Waals surface area (Å²) in [7, 11) is 0.